The minimum absolute atomic E-state index is 0.330. The molecule has 0 bridgehead atoms. The Hall–Kier alpha value is -1.09. The van der Waals surface area contributed by atoms with E-state index in [4.69, 9.17) is 0 Å². The van der Waals surface area contributed by atoms with Gasteiger partial charge in [-0.2, -0.15) is 0 Å². The van der Waals surface area contributed by atoms with Crippen LogP contribution >= 0.6 is 0 Å². The maximum atomic E-state index is 4.25. The Morgan fingerprint density at radius 1 is 1.73 bits per heavy atom. The van der Waals surface area contributed by atoms with Gasteiger partial charge in [-0.1, -0.05) is 12.2 Å². The molecule has 1 aromatic heterocycles. The van der Waals surface area contributed by atoms with Crippen molar-refractivity contribution in [2.24, 2.45) is 7.05 Å². The Morgan fingerprint density at radius 2 is 2.64 bits per heavy atom. The predicted molar refractivity (Wildman–Crippen MR) is 43.1 cm³/mol. The highest BCUT2D eigenvalue weighted by molar-refractivity contribution is 5.15. The number of hydrogen-bond donors (Lipinski definition) is 1. The molecular weight excluding hydrogens is 138 g/mol. The van der Waals surface area contributed by atoms with Crippen LogP contribution in [0.5, 0.6) is 0 Å². The summed E-state index contributed by atoms with van der Waals surface area (Å²) in [4.78, 5) is 4.25. The molecule has 0 amide bonds. The average molecular weight is 149 g/mol. The fraction of sp³-hybridized carbons (Fsp3) is 0.375. The number of rotatable bonds is 1. The Kier molecular flexibility index (Phi) is 1.51. The standard InChI is InChI=1S/C8H11N3/c1-11-5-8(10-6-11)7-3-2-4-9-7/h2-3,5-7,9H,4H2,1H3. The summed E-state index contributed by atoms with van der Waals surface area (Å²) in [6.07, 6.45) is 8.12. The molecule has 1 aliphatic rings. The van der Waals surface area contributed by atoms with Crippen molar-refractivity contribution in [1.82, 2.24) is 14.9 Å². The van der Waals surface area contributed by atoms with Gasteiger partial charge in [-0.25, -0.2) is 4.98 Å². The summed E-state index contributed by atoms with van der Waals surface area (Å²) in [5.41, 5.74) is 1.10. The van der Waals surface area contributed by atoms with Crippen molar-refractivity contribution in [3.8, 4) is 0 Å². The molecule has 3 heteroatoms. The minimum atomic E-state index is 0.330. The molecule has 0 aliphatic carbocycles. The molecule has 0 fully saturated rings. The summed E-state index contributed by atoms with van der Waals surface area (Å²) >= 11 is 0. The highest BCUT2D eigenvalue weighted by atomic mass is 15.0. The molecular formula is C8H11N3. The second-order valence-electron chi connectivity index (χ2n) is 2.78. The zero-order valence-electron chi connectivity index (χ0n) is 6.49. The Morgan fingerprint density at radius 3 is 3.18 bits per heavy atom. The SMILES string of the molecule is Cn1cnc(C2C=CCN2)c1. The fourth-order valence-electron chi connectivity index (χ4n) is 1.26. The van der Waals surface area contributed by atoms with Crippen molar-refractivity contribution in [2.75, 3.05) is 6.54 Å². The summed E-state index contributed by atoms with van der Waals surface area (Å²) in [5.74, 6) is 0. The van der Waals surface area contributed by atoms with Gasteiger partial charge in [0.05, 0.1) is 18.1 Å². The van der Waals surface area contributed by atoms with E-state index in [-0.39, 0.29) is 0 Å². The third-order valence-corrected chi connectivity index (χ3v) is 1.83. The molecule has 1 N–H and O–H groups in total. The van der Waals surface area contributed by atoms with E-state index in [9.17, 15) is 0 Å². The van der Waals surface area contributed by atoms with E-state index in [1.165, 1.54) is 0 Å². The maximum Gasteiger partial charge on any atom is 0.0947 e. The van der Waals surface area contributed by atoms with Crippen LogP contribution in [0.15, 0.2) is 24.7 Å². The first-order chi connectivity index (χ1) is 5.36. The van der Waals surface area contributed by atoms with Crippen LogP contribution in [0.3, 0.4) is 0 Å². The van der Waals surface area contributed by atoms with Gasteiger partial charge < -0.3 is 9.88 Å². The van der Waals surface area contributed by atoms with Crippen LogP contribution in [0.1, 0.15) is 11.7 Å². The van der Waals surface area contributed by atoms with Crippen molar-refractivity contribution in [1.29, 1.82) is 0 Å². The van der Waals surface area contributed by atoms with Crippen LogP contribution < -0.4 is 5.32 Å². The van der Waals surface area contributed by atoms with Gasteiger partial charge in [0.1, 0.15) is 0 Å². The van der Waals surface area contributed by atoms with Crippen molar-refractivity contribution in [3.05, 3.63) is 30.4 Å². The van der Waals surface area contributed by atoms with E-state index in [0.29, 0.717) is 6.04 Å². The van der Waals surface area contributed by atoms with Gasteiger partial charge in [0, 0.05) is 19.8 Å². The number of nitrogens with one attached hydrogen (secondary N) is 1. The maximum absolute atomic E-state index is 4.25. The van der Waals surface area contributed by atoms with E-state index in [0.717, 1.165) is 12.2 Å². The lowest BCUT2D eigenvalue weighted by Gasteiger charge is -2.03. The topological polar surface area (TPSA) is 29.9 Å². The van der Waals surface area contributed by atoms with Gasteiger partial charge in [0.25, 0.3) is 0 Å². The molecule has 0 spiro atoms. The zero-order chi connectivity index (χ0) is 7.68. The second kappa shape index (κ2) is 2.51. The third-order valence-electron chi connectivity index (χ3n) is 1.83. The molecule has 11 heavy (non-hydrogen) atoms. The quantitative estimate of drug-likeness (QED) is 0.593. The van der Waals surface area contributed by atoms with E-state index in [2.05, 4.69) is 22.5 Å². The zero-order valence-corrected chi connectivity index (χ0v) is 6.49. The van der Waals surface area contributed by atoms with Gasteiger partial charge in [-0.15, -0.1) is 0 Å². The number of hydrogen-bond acceptors (Lipinski definition) is 2. The lowest BCUT2D eigenvalue weighted by Crippen LogP contribution is -2.13. The molecule has 1 aliphatic heterocycles. The molecule has 0 radical (unpaired) electrons. The molecule has 0 saturated heterocycles. The van der Waals surface area contributed by atoms with Gasteiger partial charge in [0.2, 0.25) is 0 Å². The second-order valence-corrected chi connectivity index (χ2v) is 2.78. The van der Waals surface area contributed by atoms with Crippen LogP contribution in [0, 0.1) is 0 Å². The van der Waals surface area contributed by atoms with Gasteiger partial charge in [-0.05, 0) is 0 Å². The van der Waals surface area contributed by atoms with E-state index in [1.807, 2.05) is 24.1 Å². The van der Waals surface area contributed by atoms with Gasteiger partial charge >= 0.3 is 0 Å². The number of aromatic nitrogens is 2. The normalized spacial score (nSPS) is 22.8. The molecule has 2 rings (SSSR count). The largest absolute Gasteiger partial charge is 0.340 e. The first-order valence-corrected chi connectivity index (χ1v) is 3.74. The summed E-state index contributed by atoms with van der Waals surface area (Å²) < 4.78 is 1.96. The van der Waals surface area contributed by atoms with E-state index in [1.54, 1.807) is 0 Å². The monoisotopic (exact) mass is 149 g/mol. The number of imidazole rings is 1. The van der Waals surface area contributed by atoms with Crippen LogP contribution in [0.4, 0.5) is 0 Å². The smallest absolute Gasteiger partial charge is 0.0947 e. The van der Waals surface area contributed by atoms with Crippen molar-refractivity contribution in [3.63, 3.8) is 0 Å². The lowest BCUT2D eigenvalue weighted by molar-refractivity contribution is 0.695. The molecule has 1 unspecified atom stereocenters. The van der Waals surface area contributed by atoms with E-state index < -0.39 is 0 Å². The molecule has 1 atom stereocenters. The number of nitrogens with zero attached hydrogens (tertiary/aromatic N) is 2. The van der Waals surface area contributed by atoms with Crippen LogP contribution in [-0.2, 0) is 7.05 Å². The Labute approximate surface area is 65.7 Å². The average Bonchev–Trinajstić information content (AvgIpc) is 2.55. The highest BCUT2D eigenvalue weighted by Crippen LogP contribution is 2.14. The van der Waals surface area contributed by atoms with Crippen molar-refractivity contribution in [2.45, 2.75) is 6.04 Å². The Bertz CT molecular complexity index is 275. The first-order valence-electron chi connectivity index (χ1n) is 3.74. The highest BCUT2D eigenvalue weighted by Gasteiger charge is 2.12. The molecule has 2 heterocycles. The molecule has 58 valence electrons. The fourth-order valence-corrected chi connectivity index (χ4v) is 1.26. The summed E-state index contributed by atoms with van der Waals surface area (Å²) in [5, 5.41) is 3.30. The molecule has 0 saturated carbocycles. The van der Waals surface area contributed by atoms with Crippen molar-refractivity contribution < 1.29 is 0 Å². The van der Waals surface area contributed by atoms with Crippen LogP contribution in [0.2, 0.25) is 0 Å². The first kappa shape index (κ1) is 6.61. The van der Waals surface area contributed by atoms with Crippen LogP contribution in [-0.4, -0.2) is 16.1 Å². The van der Waals surface area contributed by atoms with Gasteiger partial charge in [-0.3, -0.25) is 0 Å². The van der Waals surface area contributed by atoms with Crippen LogP contribution in [0.25, 0.3) is 0 Å². The van der Waals surface area contributed by atoms with Gasteiger partial charge in [0.15, 0.2) is 0 Å². The molecule has 1 aromatic rings. The minimum Gasteiger partial charge on any atom is -0.340 e. The van der Waals surface area contributed by atoms with Crippen molar-refractivity contribution >= 4 is 0 Å². The number of aryl methyl sites for hydroxylation is 1. The summed E-state index contributed by atoms with van der Waals surface area (Å²) in [6, 6.07) is 0.330. The molecule has 0 aromatic carbocycles. The lowest BCUT2D eigenvalue weighted by atomic mass is 10.2. The summed E-state index contributed by atoms with van der Waals surface area (Å²) in [7, 11) is 1.98. The molecule has 3 nitrogen and oxygen atoms in total. The predicted octanol–water partition coefficient (Wildman–Crippen LogP) is 0.621. The van der Waals surface area contributed by atoms with E-state index >= 15 is 0 Å². The third kappa shape index (κ3) is 1.19. The Balaban J connectivity index is 2.22. The summed E-state index contributed by atoms with van der Waals surface area (Å²) in [6.45, 7) is 0.960.